The molecule has 0 saturated carbocycles. The van der Waals surface area contributed by atoms with Gasteiger partial charge in [-0.05, 0) is 34.1 Å². The lowest BCUT2D eigenvalue weighted by atomic mass is 10.2. The maximum absolute atomic E-state index is 11.0. The zero-order valence-corrected chi connectivity index (χ0v) is 10.8. The lowest BCUT2D eigenvalue weighted by molar-refractivity contribution is 0.555. The average Bonchev–Trinajstić information content (AvgIpc) is 2.80. The monoisotopic (exact) mass is 311 g/mol. The highest BCUT2D eigenvalue weighted by molar-refractivity contribution is 9.11. The molecular formula is C10H6BrN3O2S. The number of halogens is 1. The van der Waals surface area contributed by atoms with Crippen LogP contribution in [0.15, 0.2) is 31.2 Å². The van der Waals surface area contributed by atoms with E-state index in [4.69, 9.17) is 10.2 Å². The molecule has 0 bridgehead atoms. The van der Waals surface area contributed by atoms with Crippen LogP contribution in [0.5, 0.6) is 0 Å². The van der Waals surface area contributed by atoms with Crippen LogP contribution in [0.1, 0.15) is 0 Å². The minimum absolute atomic E-state index is 0.459. The van der Waals surface area contributed by atoms with Crippen molar-refractivity contribution in [3.63, 3.8) is 0 Å². The first-order valence-electron chi connectivity index (χ1n) is 4.68. The molecule has 0 aliphatic rings. The Balaban J connectivity index is 2.20. The molecular weight excluding hydrogens is 306 g/mol. The van der Waals surface area contributed by atoms with Crippen molar-refractivity contribution in [1.29, 1.82) is 0 Å². The maximum atomic E-state index is 11.0. The molecule has 5 nitrogen and oxygen atoms in total. The van der Waals surface area contributed by atoms with Crippen LogP contribution in [0.2, 0.25) is 0 Å². The van der Waals surface area contributed by atoms with Crippen molar-refractivity contribution >= 4 is 44.2 Å². The van der Waals surface area contributed by atoms with Gasteiger partial charge in [-0.3, -0.25) is 4.98 Å². The minimum Gasteiger partial charge on any atom is -0.408 e. The van der Waals surface area contributed by atoms with Crippen LogP contribution in [-0.2, 0) is 0 Å². The van der Waals surface area contributed by atoms with E-state index in [0.29, 0.717) is 16.9 Å². The van der Waals surface area contributed by atoms with Crippen LogP contribution in [0.25, 0.3) is 21.7 Å². The van der Waals surface area contributed by atoms with E-state index in [0.717, 1.165) is 14.4 Å². The summed E-state index contributed by atoms with van der Waals surface area (Å²) in [5.41, 5.74) is 7.71. The van der Waals surface area contributed by atoms with Gasteiger partial charge in [-0.15, -0.1) is 11.3 Å². The summed E-state index contributed by atoms with van der Waals surface area (Å²) in [6.45, 7) is 0. The minimum atomic E-state index is -0.461. The van der Waals surface area contributed by atoms with Gasteiger partial charge in [0.15, 0.2) is 5.58 Å². The number of H-pyrrole nitrogens is 1. The molecule has 86 valence electrons. The van der Waals surface area contributed by atoms with Gasteiger partial charge in [0.05, 0.1) is 5.52 Å². The van der Waals surface area contributed by atoms with Gasteiger partial charge in [0.2, 0.25) is 0 Å². The number of hydrogen-bond acceptors (Lipinski definition) is 5. The van der Waals surface area contributed by atoms with Crippen molar-refractivity contribution in [2.45, 2.75) is 0 Å². The fourth-order valence-electron chi connectivity index (χ4n) is 1.52. The highest BCUT2D eigenvalue weighted by atomic mass is 79.9. The third-order valence-corrected chi connectivity index (χ3v) is 4.08. The third-order valence-electron chi connectivity index (χ3n) is 2.28. The summed E-state index contributed by atoms with van der Waals surface area (Å²) in [7, 11) is 0. The molecule has 0 atom stereocenters. The number of thiazole rings is 1. The first kappa shape index (κ1) is 10.5. The smallest absolute Gasteiger partial charge is 0.408 e. The summed E-state index contributed by atoms with van der Waals surface area (Å²) in [5.74, 6) is -0.00222. The fourth-order valence-corrected chi connectivity index (χ4v) is 2.77. The Labute approximate surface area is 107 Å². The predicted octanol–water partition coefficient (Wildman–Crippen LogP) is 2.59. The quantitative estimate of drug-likeness (QED) is 0.723. The summed E-state index contributed by atoms with van der Waals surface area (Å²) >= 11 is 4.75. The van der Waals surface area contributed by atoms with E-state index in [1.807, 2.05) is 6.07 Å². The van der Waals surface area contributed by atoms with Gasteiger partial charge in [0.1, 0.15) is 14.6 Å². The molecule has 2 heterocycles. The number of benzene rings is 1. The molecule has 2 aromatic heterocycles. The summed E-state index contributed by atoms with van der Waals surface area (Å²) < 4.78 is 5.78. The predicted molar refractivity (Wildman–Crippen MR) is 70.1 cm³/mol. The van der Waals surface area contributed by atoms with Crippen LogP contribution in [0, 0.1) is 0 Å². The Kier molecular flexibility index (Phi) is 2.30. The molecule has 0 unspecified atom stereocenters. The van der Waals surface area contributed by atoms with Crippen molar-refractivity contribution in [2.75, 3.05) is 5.73 Å². The van der Waals surface area contributed by atoms with Crippen molar-refractivity contribution in [3.8, 4) is 10.6 Å². The van der Waals surface area contributed by atoms with Crippen molar-refractivity contribution in [1.82, 2.24) is 9.97 Å². The number of aromatic nitrogens is 2. The second kappa shape index (κ2) is 3.71. The molecule has 0 aliphatic carbocycles. The number of hydrogen-bond donors (Lipinski definition) is 2. The van der Waals surface area contributed by atoms with Crippen molar-refractivity contribution in [3.05, 3.63) is 32.5 Å². The van der Waals surface area contributed by atoms with Crippen molar-refractivity contribution < 1.29 is 4.42 Å². The normalized spacial score (nSPS) is 11.1. The van der Waals surface area contributed by atoms with Gasteiger partial charge in [-0.25, -0.2) is 9.78 Å². The first-order valence-corrected chi connectivity index (χ1v) is 6.29. The molecule has 0 spiro atoms. The van der Waals surface area contributed by atoms with E-state index in [1.54, 1.807) is 12.1 Å². The Morgan fingerprint density at radius 1 is 1.47 bits per heavy atom. The highest BCUT2D eigenvalue weighted by Crippen LogP contribution is 2.34. The van der Waals surface area contributed by atoms with Crippen LogP contribution in [0.3, 0.4) is 0 Å². The molecule has 0 amide bonds. The number of rotatable bonds is 1. The lowest BCUT2D eigenvalue weighted by Gasteiger charge is -1.94. The molecule has 3 aromatic rings. The van der Waals surface area contributed by atoms with Crippen LogP contribution in [-0.4, -0.2) is 9.97 Å². The van der Waals surface area contributed by atoms with E-state index in [1.165, 1.54) is 11.3 Å². The van der Waals surface area contributed by atoms with Crippen molar-refractivity contribution in [2.24, 2.45) is 0 Å². The van der Waals surface area contributed by atoms with Gasteiger partial charge in [0.25, 0.3) is 0 Å². The summed E-state index contributed by atoms with van der Waals surface area (Å²) in [5, 5.41) is 0.778. The Bertz CT molecular complexity index is 739. The van der Waals surface area contributed by atoms with Gasteiger partial charge >= 0.3 is 5.76 Å². The molecule has 0 aliphatic heterocycles. The van der Waals surface area contributed by atoms with E-state index in [2.05, 4.69) is 25.9 Å². The third kappa shape index (κ3) is 1.77. The van der Waals surface area contributed by atoms with E-state index in [-0.39, 0.29) is 0 Å². The van der Waals surface area contributed by atoms with Gasteiger partial charge < -0.3 is 10.2 Å². The first-order chi connectivity index (χ1) is 8.13. The van der Waals surface area contributed by atoms with Gasteiger partial charge in [-0.1, -0.05) is 0 Å². The number of fused-ring (bicyclic) bond motifs is 1. The molecule has 0 saturated heterocycles. The summed E-state index contributed by atoms with van der Waals surface area (Å²) in [6, 6.07) is 5.40. The lowest BCUT2D eigenvalue weighted by Crippen LogP contribution is -1.92. The molecule has 17 heavy (non-hydrogen) atoms. The van der Waals surface area contributed by atoms with E-state index < -0.39 is 5.76 Å². The summed E-state index contributed by atoms with van der Waals surface area (Å²) in [6.07, 6.45) is 0. The molecule has 7 heteroatoms. The number of anilines is 1. The largest absolute Gasteiger partial charge is 0.417 e. The SMILES string of the molecule is Nc1nc(-c2ccc3[nH]c(=O)oc3c2)sc1Br. The average molecular weight is 312 g/mol. The molecule has 1 aromatic carbocycles. The highest BCUT2D eigenvalue weighted by Gasteiger charge is 2.10. The Hall–Kier alpha value is -1.60. The second-order valence-electron chi connectivity index (χ2n) is 3.40. The number of aromatic amines is 1. The number of nitrogens with zero attached hydrogens (tertiary/aromatic N) is 1. The number of nitrogen functional groups attached to an aromatic ring is 1. The van der Waals surface area contributed by atoms with Gasteiger partial charge in [-0.2, -0.15) is 0 Å². The van der Waals surface area contributed by atoms with Crippen LogP contribution < -0.4 is 11.5 Å². The standard InChI is InChI=1S/C10H6BrN3O2S/c11-7-8(12)14-9(17-7)4-1-2-5-6(3-4)16-10(15)13-5/h1-3H,12H2,(H,13,15). The number of nitrogens with two attached hydrogens (primary N) is 1. The zero-order chi connectivity index (χ0) is 12.0. The molecule has 3 rings (SSSR count). The van der Waals surface area contributed by atoms with Crippen LogP contribution >= 0.6 is 27.3 Å². The van der Waals surface area contributed by atoms with Crippen LogP contribution in [0.4, 0.5) is 5.82 Å². The number of oxazole rings is 1. The number of nitrogens with one attached hydrogen (secondary N) is 1. The van der Waals surface area contributed by atoms with E-state index >= 15 is 0 Å². The Morgan fingerprint density at radius 2 is 2.29 bits per heavy atom. The second-order valence-corrected chi connectivity index (χ2v) is 5.72. The molecule has 0 radical (unpaired) electrons. The van der Waals surface area contributed by atoms with E-state index in [9.17, 15) is 4.79 Å². The maximum Gasteiger partial charge on any atom is 0.417 e. The topological polar surface area (TPSA) is 84.9 Å². The van der Waals surface area contributed by atoms with Gasteiger partial charge in [0, 0.05) is 5.56 Å². The summed E-state index contributed by atoms with van der Waals surface area (Å²) in [4.78, 5) is 17.8. The fraction of sp³-hybridized carbons (Fsp3) is 0. The molecule has 0 fully saturated rings. The zero-order valence-electron chi connectivity index (χ0n) is 8.36. The Morgan fingerprint density at radius 3 is 3.00 bits per heavy atom. The molecule has 3 N–H and O–H groups in total.